The molecule has 0 amide bonds. The molecule has 1 unspecified atom stereocenters. The zero-order valence-corrected chi connectivity index (χ0v) is 9.82. The van der Waals surface area contributed by atoms with Gasteiger partial charge in [0, 0.05) is 17.8 Å². The number of rotatable bonds is 2. The number of ketones is 1. The van der Waals surface area contributed by atoms with Crippen molar-refractivity contribution in [3.05, 3.63) is 35.6 Å². The van der Waals surface area contributed by atoms with Crippen LogP contribution in [0.4, 0.5) is 0 Å². The Balaban J connectivity index is 1.97. The highest BCUT2D eigenvalue weighted by molar-refractivity contribution is 5.99. The molecule has 1 N–H and O–H groups in total. The number of furan rings is 1. The zero-order chi connectivity index (χ0) is 11.8. The molecular weight excluding hydrogens is 214 g/mol. The molecule has 0 saturated carbocycles. The molecule has 3 nitrogen and oxygen atoms in total. The summed E-state index contributed by atoms with van der Waals surface area (Å²) in [5.41, 5.74) is 1.98. The van der Waals surface area contributed by atoms with Gasteiger partial charge in [0.15, 0.2) is 5.76 Å². The van der Waals surface area contributed by atoms with Gasteiger partial charge >= 0.3 is 0 Å². The third-order valence-electron chi connectivity index (χ3n) is 3.35. The second-order valence-electron chi connectivity index (χ2n) is 4.71. The first-order valence-electron chi connectivity index (χ1n) is 5.99. The maximum atomic E-state index is 12.2. The first-order valence-corrected chi connectivity index (χ1v) is 5.99. The van der Waals surface area contributed by atoms with Gasteiger partial charge in [-0.1, -0.05) is 11.6 Å². The van der Waals surface area contributed by atoms with E-state index < -0.39 is 0 Å². The maximum Gasteiger partial charge on any atom is 0.202 e. The van der Waals surface area contributed by atoms with E-state index in [1.807, 2.05) is 31.2 Å². The van der Waals surface area contributed by atoms with E-state index in [9.17, 15) is 4.79 Å². The zero-order valence-electron chi connectivity index (χ0n) is 9.82. The van der Waals surface area contributed by atoms with Gasteiger partial charge in [0.05, 0.1) is 0 Å². The molecule has 0 spiro atoms. The fraction of sp³-hybridized carbons (Fsp3) is 0.357. The number of hydrogen-bond donors (Lipinski definition) is 1. The normalized spacial score (nSPS) is 19.9. The van der Waals surface area contributed by atoms with Crippen LogP contribution in [0.5, 0.6) is 0 Å². The van der Waals surface area contributed by atoms with Crippen molar-refractivity contribution in [2.75, 3.05) is 13.1 Å². The first-order chi connectivity index (χ1) is 8.24. The summed E-state index contributed by atoms with van der Waals surface area (Å²) >= 11 is 0. The van der Waals surface area contributed by atoms with Gasteiger partial charge in [-0.25, -0.2) is 0 Å². The summed E-state index contributed by atoms with van der Waals surface area (Å²) in [6.07, 6.45) is 0.912. The smallest absolute Gasteiger partial charge is 0.202 e. The van der Waals surface area contributed by atoms with Crippen LogP contribution in [-0.4, -0.2) is 18.9 Å². The summed E-state index contributed by atoms with van der Waals surface area (Å²) < 4.78 is 5.62. The summed E-state index contributed by atoms with van der Waals surface area (Å²) in [7, 11) is 0. The first kappa shape index (κ1) is 10.5. The Labute approximate surface area is 99.8 Å². The van der Waals surface area contributed by atoms with E-state index in [2.05, 4.69) is 5.32 Å². The topological polar surface area (TPSA) is 42.2 Å². The number of Topliss-reactive ketones (excluding diaryl/α,β-unsaturated/α-hetero) is 1. The minimum atomic E-state index is 0.0802. The van der Waals surface area contributed by atoms with Gasteiger partial charge in [0.25, 0.3) is 0 Å². The van der Waals surface area contributed by atoms with Crippen molar-refractivity contribution in [1.29, 1.82) is 0 Å². The van der Waals surface area contributed by atoms with Crippen molar-refractivity contribution < 1.29 is 9.21 Å². The van der Waals surface area contributed by atoms with E-state index in [0.717, 1.165) is 30.5 Å². The fourth-order valence-electron chi connectivity index (χ4n) is 2.36. The molecule has 1 saturated heterocycles. The van der Waals surface area contributed by atoms with Crippen LogP contribution in [-0.2, 0) is 0 Å². The summed E-state index contributed by atoms with van der Waals surface area (Å²) in [4.78, 5) is 12.2. The lowest BCUT2D eigenvalue weighted by Gasteiger charge is -2.02. The van der Waals surface area contributed by atoms with Gasteiger partial charge in [-0.05, 0) is 38.1 Å². The van der Waals surface area contributed by atoms with E-state index in [-0.39, 0.29) is 11.7 Å². The van der Waals surface area contributed by atoms with E-state index in [1.165, 1.54) is 5.56 Å². The second-order valence-corrected chi connectivity index (χ2v) is 4.71. The maximum absolute atomic E-state index is 12.2. The minimum absolute atomic E-state index is 0.0802. The molecular formula is C14H15NO2. The van der Waals surface area contributed by atoms with Crippen LogP contribution in [0.2, 0.25) is 0 Å². The minimum Gasteiger partial charge on any atom is -0.453 e. The highest BCUT2D eigenvalue weighted by atomic mass is 16.3. The number of aryl methyl sites for hydroxylation is 1. The SMILES string of the molecule is Cc1ccc2oc(C(=O)C3CCNC3)cc2c1. The Hall–Kier alpha value is -1.61. The van der Waals surface area contributed by atoms with Gasteiger partial charge in [-0.3, -0.25) is 4.79 Å². The largest absolute Gasteiger partial charge is 0.453 e. The van der Waals surface area contributed by atoms with Crippen molar-refractivity contribution in [3.63, 3.8) is 0 Å². The lowest BCUT2D eigenvalue weighted by Crippen LogP contribution is -2.17. The molecule has 2 aromatic rings. The third kappa shape index (κ3) is 1.87. The summed E-state index contributed by atoms with van der Waals surface area (Å²) in [5, 5.41) is 4.22. The quantitative estimate of drug-likeness (QED) is 0.805. The van der Waals surface area contributed by atoms with E-state index in [1.54, 1.807) is 0 Å². The number of carbonyl (C=O) groups is 1. The highest BCUT2D eigenvalue weighted by Gasteiger charge is 2.26. The van der Waals surface area contributed by atoms with Gasteiger partial charge in [0.2, 0.25) is 5.78 Å². The molecule has 1 aromatic heterocycles. The van der Waals surface area contributed by atoms with Crippen molar-refractivity contribution >= 4 is 16.8 Å². The number of nitrogens with one attached hydrogen (secondary N) is 1. The van der Waals surface area contributed by atoms with E-state index in [0.29, 0.717) is 5.76 Å². The molecule has 1 aliphatic rings. The summed E-state index contributed by atoms with van der Waals surface area (Å²) in [6, 6.07) is 7.83. The predicted octanol–water partition coefficient (Wildman–Crippen LogP) is 2.53. The van der Waals surface area contributed by atoms with Crippen LogP contribution in [0.1, 0.15) is 22.5 Å². The Morgan fingerprint density at radius 3 is 3.06 bits per heavy atom. The average Bonchev–Trinajstić information content (AvgIpc) is 2.96. The molecule has 1 fully saturated rings. The molecule has 0 aliphatic carbocycles. The van der Waals surface area contributed by atoms with Crippen LogP contribution in [0.15, 0.2) is 28.7 Å². The number of carbonyl (C=O) groups excluding carboxylic acids is 1. The molecule has 17 heavy (non-hydrogen) atoms. The Bertz CT molecular complexity index is 565. The van der Waals surface area contributed by atoms with Crippen LogP contribution >= 0.6 is 0 Å². The Morgan fingerprint density at radius 2 is 2.29 bits per heavy atom. The standard InChI is InChI=1S/C14H15NO2/c1-9-2-3-12-11(6-9)7-13(17-12)14(16)10-4-5-15-8-10/h2-3,6-7,10,15H,4-5,8H2,1H3. The molecule has 0 radical (unpaired) electrons. The summed E-state index contributed by atoms with van der Waals surface area (Å²) in [5.74, 6) is 0.708. The summed E-state index contributed by atoms with van der Waals surface area (Å²) in [6.45, 7) is 3.74. The second kappa shape index (κ2) is 4.00. The van der Waals surface area contributed by atoms with Crippen molar-refractivity contribution in [1.82, 2.24) is 5.32 Å². The molecule has 1 aromatic carbocycles. The molecule has 1 atom stereocenters. The molecule has 3 heteroatoms. The van der Waals surface area contributed by atoms with Crippen molar-refractivity contribution in [3.8, 4) is 0 Å². The third-order valence-corrected chi connectivity index (χ3v) is 3.35. The number of fused-ring (bicyclic) bond motifs is 1. The Morgan fingerprint density at radius 1 is 1.41 bits per heavy atom. The molecule has 3 rings (SSSR count). The van der Waals surface area contributed by atoms with Crippen molar-refractivity contribution in [2.45, 2.75) is 13.3 Å². The monoisotopic (exact) mass is 229 g/mol. The number of benzene rings is 1. The average molecular weight is 229 g/mol. The van der Waals surface area contributed by atoms with Crippen LogP contribution in [0, 0.1) is 12.8 Å². The van der Waals surface area contributed by atoms with Crippen LogP contribution in [0.25, 0.3) is 11.0 Å². The van der Waals surface area contributed by atoms with Crippen LogP contribution < -0.4 is 5.32 Å². The lowest BCUT2D eigenvalue weighted by atomic mass is 10.0. The van der Waals surface area contributed by atoms with E-state index in [4.69, 9.17) is 4.42 Å². The molecule has 88 valence electrons. The molecule has 1 aliphatic heterocycles. The van der Waals surface area contributed by atoms with Gasteiger partial charge in [-0.2, -0.15) is 0 Å². The Kier molecular flexibility index (Phi) is 2.48. The number of hydrogen-bond acceptors (Lipinski definition) is 3. The van der Waals surface area contributed by atoms with E-state index >= 15 is 0 Å². The molecule has 0 bridgehead atoms. The lowest BCUT2D eigenvalue weighted by molar-refractivity contribution is 0.0904. The van der Waals surface area contributed by atoms with Gasteiger partial charge in [0.1, 0.15) is 5.58 Å². The van der Waals surface area contributed by atoms with Crippen LogP contribution in [0.3, 0.4) is 0 Å². The van der Waals surface area contributed by atoms with Gasteiger partial charge < -0.3 is 9.73 Å². The van der Waals surface area contributed by atoms with Gasteiger partial charge in [-0.15, -0.1) is 0 Å². The molecule has 2 heterocycles. The fourth-order valence-corrected chi connectivity index (χ4v) is 2.36. The van der Waals surface area contributed by atoms with Crippen molar-refractivity contribution in [2.24, 2.45) is 5.92 Å². The highest BCUT2D eigenvalue weighted by Crippen LogP contribution is 2.24. The predicted molar refractivity (Wildman–Crippen MR) is 66.3 cm³/mol.